The van der Waals surface area contributed by atoms with Crippen LogP contribution in [0.3, 0.4) is 0 Å². The fraction of sp³-hybridized carbons (Fsp3) is 0.273. The van der Waals surface area contributed by atoms with Gasteiger partial charge in [0.2, 0.25) is 5.79 Å². The molecule has 1 spiro atoms. The second-order valence-electron chi connectivity index (χ2n) is 7.22. The van der Waals surface area contributed by atoms with Gasteiger partial charge in [-0.25, -0.2) is 0 Å². The third-order valence-electron chi connectivity index (χ3n) is 5.50. The second kappa shape index (κ2) is 6.76. The molecule has 142 valence electrons. The second-order valence-corrected chi connectivity index (χ2v) is 7.66. The minimum Gasteiger partial charge on any atom is -0.462 e. The largest absolute Gasteiger partial charge is 0.462 e. The molecule has 0 atom stereocenters. The van der Waals surface area contributed by atoms with Crippen molar-refractivity contribution in [2.45, 2.75) is 25.2 Å². The lowest BCUT2D eigenvalue weighted by Gasteiger charge is -2.44. The lowest BCUT2D eigenvalue weighted by Crippen LogP contribution is -2.52. The maximum absolute atomic E-state index is 13.1. The number of likely N-dealkylation sites (tertiary alicyclic amines) is 1. The van der Waals surface area contributed by atoms with Crippen molar-refractivity contribution in [1.29, 1.82) is 0 Å². The van der Waals surface area contributed by atoms with E-state index in [0.29, 0.717) is 43.1 Å². The van der Waals surface area contributed by atoms with Crippen molar-refractivity contribution in [3.8, 4) is 5.75 Å². The third-order valence-corrected chi connectivity index (χ3v) is 5.74. The fourth-order valence-electron chi connectivity index (χ4n) is 3.95. The van der Waals surface area contributed by atoms with E-state index in [9.17, 15) is 4.79 Å². The number of halogens is 1. The van der Waals surface area contributed by atoms with Crippen LogP contribution in [0.15, 0.2) is 54.7 Å². The predicted octanol–water partition coefficient (Wildman–Crippen LogP) is 4.43. The van der Waals surface area contributed by atoms with Gasteiger partial charge in [0.15, 0.2) is 0 Å². The number of pyridine rings is 1. The van der Waals surface area contributed by atoms with E-state index in [1.54, 1.807) is 12.3 Å². The van der Waals surface area contributed by atoms with Gasteiger partial charge in [-0.3, -0.25) is 9.78 Å². The Balaban J connectivity index is 1.33. The Labute approximate surface area is 167 Å². The summed E-state index contributed by atoms with van der Waals surface area (Å²) >= 11 is 6.05. The SMILES string of the molecule is O=C(c1ccnc2ccccc12)N1CCC2(CC1)OCc1cc(Cl)ccc1O2. The van der Waals surface area contributed by atoms with Gasteiger partial charge in [-0.05, 0) is 30.3 Å². The van der Waals surface area contributed by atoms with Gasteiger partial charge in [-0.15, -0.1) is 0 Å². The Kier molecular flexibility index (Phi) is 4.22. The molecule has 28 heavy (non-hydrogen) atoms. The summed E-state index contributed by atoms with van der Waals surface area (Å²) in [5.41, 5.74) is 2.47. The van der Waals surface area contributed by atoms with Crippen LogP contribution in [0.5, 0.6) is 5.75 Å². The molecule has 1 amide bonds. The highest BCUT2D eigenvalue weighted by Crippen LogP contribution is 2.38. The molecule has 3 heterocycles. The first-order chi connectivity index (χ1) is 13.6. The number of amides is 1. The molecule has 5 rings (SSSR count). The van der Waals surface area contributed by atoms with Crippen molar-refractivity contribution < 1.29 is 14.3 Å². The first kappa shape index (κ1) is 17.5. The van der Waals surface area contributed by atoms with Crippen LogP contribution in [0.1, 0.15) is 28.8 Å². The summed E-state index contributed by atoms with van der Waals surface area (Å²) < 4.78 is 12.3. The average molecular weight is 395 g/mol. The first-order valence-corrected chi connectivity index (χ1v) is 9.76. The van der Waals surface area contributed by atoms with E-state index >= 15 is 0 Å². The van der Waals surface area contributed by atoms with Crippen LogP contribution in [-0.4, -0.2) is 34.7 Å². The number of carbonyl (C=O) groups is 1. The summed E-state index contributed by atoms with van der Waals surface area (Å²) in [6.07, 6.45) is 2.95. The number of para-hydroxylation sites is 1. The Bertz CT molecular complexity index is 1060. The van der Waals surface area contributed by atoms with Gasteiger partial charge in [-0.2, -0.15) is 0 Å². The van der Waals surface area contributed by atoms with Crippen LogP contribution in [0.25, 0.3) is 10.9 Å². The predicted molar refractivity (Wildman–Crippen MR) is 106 cm³/mol. The normalized spacial score (nSPS) is 18.0. The lowest BCUT2D eigenvalue weighted by atomic mass is 10.00. The van der Waals surface area contributed by atoms with Gasteiger partial charge in [0.1, 0.15) is 5.75 Å². The number of aromatic nitrogens is 1. The van der Waals surface area contributed by atoms with Crippen molar-refractivity contribution in [3.63, 3.8) is 0 Å². The smallest absolute Gasteiger partial charge is 0.254 e. The van der Waals surface area contributed by atoms with E-state index in [1.807, 2.05) is 47.4 Å². The summed E-state index contributed by atoms with van der Waals surface area (Å²) in [7, 11) is 0. The molecular weight excluding hydrogens is 376 g/mol. The third kappa shape index (κ3) is 3.01. The molecule has 1 aromatic heterocycles. The summed E-state index contributed by atoms with van der Waals surface area (Å²) in [6, 6.07) is 15.1. The maximum atomic E-state index is 13.1. The molecule has 0 unspecified atom stereocenters. The molecule has 0 N–H and O–H groups in total. The van der Waals surface area contributed by atoms with Crippen molar-refractivity contribution in [1.82, 2.24) is 9.88 Å². The summed E-state index contributed by atoms with van der Waals surface area (Å²) in [4.78, 5) is 19.3. The van der Waals surface area contributed by atoms with Crippen molar-refractivity contribution in [3.05, 3.63) is 70.9 Å². The van der Waals surface area contributed by atoms with Gasteiger partial charge >= 0.3 is 0 Å². The number of benzene rings is 2. The van der Waals surface area contributed by atoms with E-state index in [2.05, 4.69) is 4.98 Å². The van der Waals surface area contributed by atoms with Gasteiger partial charge in [-0.1, -0.05) is 29.8 Å². The van der Waals surface area contributed by atoms with E-state index < -0.39 is 5.79 Å². The number of ether oxygens (including phenoxy) is 2. The van der Waals surface area contributed by atoms with Crippen LogP contribution in [0.2, 0.25) is 5.02 Å². The van der Waals surface area contributed by atoms with E-state index in [-0.39, 0.29) is 5.91 Å². The Morgan fingerprint density at radius 1 is 1.11 bits per heavy atom. The topological polar surface area (TPSA) is 51.7 Å². The molecule has 3 aromatic rings. The zero-order valence-corrected chi connectivity index (χ0v) is 16.0. The van der Waals surface area contributed by atoms with E-state index in [1.165, 1.54) is 0 Å². The van der Waals surface area contributed by atoms with Crippen molar-refractivity contribution >= 4 is 28.4 Å². The highest BCUT2D eigenvalue weighted by molar-refractivity contribution is 6.30. The zero-order chi connectivity index (χ0) is 19.1. The standard InChI is InChI=1S/C22H19ClN2O3/c23-16-5-6-20-15(13-16)14-27-22(28-20)8-11-25(12-9-22)21(26)18-7-10-24-19-4-2-1-3-17(18)19/h1-7,10,13H,8-9,11-12,14H2. The lowest BCUT2D eigenvalue weighted by molar-refractivity contribution is -0.225. The van der Waals surface area contributed by atoms with Gasteiger partial charge in [0, 0.05) is 48.1 Å². The summed E-state index contributed by atoms with van der Waals surface area (Å²) in [5, 5.41) is 1.55. The molecule has 2 aliphatic heterocycles. The first-order valence-electron chi connectivity index (χ1n) is 9.38. The minimum atomic E-state index is -0.669. The molecule has 0 bridgehead atoms. The van der Waals surface area contributed by atoms with E-state index in [0.717, 1.165) is 22.2 Å². The van der Waals surface area contributed by atoms with Crippen LogP contribution in [0, 0.1) is 0 Å². The van der Waals surface area contributed by atoms with Gasteiger partial charge < -0.3 is 14.4 Å². The van der Waals surface area contributed by atoms with E-state index in [4.69, 9.17) is 21.1 Å². The number of hydrogen-bond donors (Lipinski definition) is 0. The number of rotatable bonds is 1. The minimum absolute atomic E-state index is 0.0245. The van der Waals surface area contributed by atoms with Crippen LogP contribution >= 0.6 is 11.6 Å². The number of piperidine rings is 1. The molecule has 1 fully saturated rings. The number of fused-ring (bicyclic) bond motifs is 2. The van der Waals surface area contributed by atoms with Gasteiger partial charge in [0.25, 0.3) is 5.91 Å². The fourth-order valence-corrected chi connectivity index (χ4v) is 4.14. The number of carbonyl (C=O) groups excluding carboxylic acids is 1. The van der Waals surface area contributed by atoms with Crippen molar-refractivity contribution in [2.75, 3.05) is 13.1 Å². The highest BCUT2D eigenvalue weighted by Gasteiger charge is 2.42. The van der Waals surface area contributed by atoms with Crippen molar-refractivity contribution in [2.24, 2.45) is 0 Å². The molecule has 2 aromatic carbocycles. The molecule has 0 saturated carbocycles. The Hall–Kier alpha value is -2.63. The maximum Gasteiger partial charge on any atom is 0.254 e. The molecule has 0 aliphatic carbocycles. The Morgan fingerprint density at radius 3 is 2.79 bits per heavy atom. The molecule has 5 nitrogen and oxygen atoms in total. The number of hydrogen-bond acceptors (Lipinski definition) is 4. The highest BCUT2D eigenvalue weighted by atomic mass is 35.5. The quantitative estimate of drug-likeness (QED) is 0.612. The number of nitrogens with zero attached hydrogens (tertiary/aromatic N) is 2. The molecular formula is C22H19ClN2O3. The molecule has 0 radical (unpaired) electrons. The Morgan fingerprint density at radius 2 is 1.93 bits per heavy atom. The van der Waals surface area contributed by atoms with Crippen LogP contribution in [0.4, 0.5) is 0 Å². The zero-order valence-electron chi connectivity index (χ0n) is 15.2. The molecule has 6 heteroatoms. The van der Waals surface area contributed by atoms with Crippen LogP contribution < -0.4 is 4.74 Å². The summed E-state index contributed by atoms with van der Waals surface area (Å²) in [6.45, 7) is 1.63. The summed E-state index contributed by atoms with van der Waals surface area (Å²) in [5.74, 6) is 0.171. The monoisotopic (exact) mass is 394 g/mol. The molecule has 1 saturated heterocycles. The van der Waals surface area contributed by atoms with Gasteiger partial charge in [0.05, 0.1) is 17.7 Å². The molecule has 2 aliphatic rings. The van der Waals surface area contributed by atoms with Crippen LogP contribution in [-0.2, 0) is 11.3 Å². The average Bonchev–Trinajstić information content (AvgIpc) is 2.74.